The Bertz CT molecular complexity index is 348. The van der Waals surface area contributed by atoms with Crippen LogP contribution in [0.15, 0.2) is 30.3 Å². The molecule has 0 fully saturated rings. The zero-order chi connectivity index (χ0) is 11.3. The van der Waals surface area contributed by atoms with Crippen LogP contribution in [-0.4, -0.2) is 11.7 Å². The van der Waals surface area contributed by atoms with Crippen molar-refractivity contribution in [3.8, 4) is 11.8 Å². The van der Waals surface area contributed by atoms with Crippen LogP contribution >= 0.6 is 0 Å². The predicted octanol–water partition coefficient (Wildman–Crippen LogP) is 3.24. The van der Waals surface area contributed by atoms with E-state index in [1.54, 1.807) is 0 Å². The van der Waals surface area contributed by atoms with E-state index in [4.69, 9.17) is 4.74 Å². The maximum Gasteiger partial charge on any atom is 0.116 e. The molecule has 0 amide bonds. The highest BCUT2D eigenvalue weighted by atomic mass is 16.5. The van der Waals surface area contributed by atoms with Gasteiger partial charge in [0, 0.05) is 5.56 Å². The third-order valence-corrected chi connectivity index (χ3v) is 1.72. The van der Waals surface area contributed by atoms with E-state index >= 15 is 0 Å². The van der Waals surface area contributed by atoms with Gasteiger partial charge in [-0.05, 0) is 39.8 Å². The molecule has 0 radical (unpaired) electrons. The summed E-state index contributed by atoms with van der Waals surface area (Å²) in [6, 6.07) is 9.95. The smallest absolute Gasteiger partial charge is 0.116 e. The van der Waals surface area contributed by atoms with Crippen LogP contribution in [0.4, 0.5) is 0 Å². The van der Waals surface area contributed by atoms with E-state index in [9.17, 15) is 0 Å². The lowest BCUT2D eigenvalue weighted by Gasteiger charge is -2.21. The fourth-order valence-electron chi connectivity index (χ4n) is 1.27. The van der Waals surface area contributed by atoms with Gasteiger partial charge >= 0.3 is 0 Å². The van der Waals surface area contributed by atoms with Crippen LogP contribution < -0.4 is 0 Å². The molecule has 0 N–H and O–H groups in total. The molecule has 0 aliphatic heterocycles. The van der Waals surface area contributed by atoms with Gasteiger partial charge in [0.05, 0.1) is 5.60 Å². The molecule has 80 valence electrons. The van der Waals surface area contributed by atoms with Crippen LogP contribution in [0.3, 0.4) is 0 Å². The fourth-order valence-corrected chi connectivity index (χ4v) is 1.27. The summed E-state index contributed by atoms with van der Waals surface area (Å²) in [4.78, 5) is 0. The first-order chi connectivity index (χ1) is 6.97. The lowest BCUT2D eigenvalue weighted by atomic mass is 10.2. The second-order valence-corrected chi connectivity index (χ2v) is 4.51. The third-order valence-electron chi connectivity index (χ3n) is 1.72. The van der Waals surface area contributed by atoms with E-state index in [0.717, 1.165) is 5.56 Å². The topological polar surface area (TPSA) is 9.23 Å². The Morgan fingerprint density at radius 2 is 1.73 bits per heavy atom. The van der Waals surface area contributed by atoms with E-state index in [0.29, 0.717) is 0 Å². The average molecular weight is 202 g/mol. The van der Waals surface area contributed by atoms with Crippen LogP contribution in [0.5, 0.6) is 0 Å². The minimum Gasteiger partial charge on any atom is -0.360 e. The quantitative estimate of drug-likeness (QED) is 0.635. The molecule has 0 heterocycles. The summed E-state index contributed by atoms with van der Waals surface area (Å²) in [6.45, 7) is 8.08. The van der Waals surface area contributed by atoms with Crippen LogP contribution in [0.25, 0.3) is 0 Å². The third kappa shape index (κ3) is 5.24. The Balaban J connectivity index is 2.59. The highest BCUT2D eigenvalue weighted by Gasteiger charge is 2.12. The van der Waals surface area contributed by atoms with Gasteiger partial charge in [-0.1, -0.05) is 30.0 Å². The highest BCUT2D eigenvalue weighted by molar-refractivity contribution is 5.34. The second kappa shape index (κ2) is 5.00. The molecule has 0 aliphatic carbocycles. The normalized spacial score (nSPS) is 12.8. The van der Waals surface area contributed by atoms with E-state index in [2.05, 4.69) is 11.8 Å². The summed E-state index contributed by atoms with van der Waals surface area (Å²) in [7, 11) is 0. The van der Waals surface area contributed by atoms with Gasteiger partial charge in [-0.3, -0.25) is 0 Å². The number of hydrogen-bond acceptors (Lipinski definition) is 1. The Labute approximate surface area is 92.5 Å². The molecule has 0 saturated heterocycles. The van der Waals surface area contributed by atoms with Crippen molar-refractivity contribution < 1.29 is 4.74 Å². The van der Waals surface area contributed by atoms with Gasteiger partial charge in [-0.2, -0.15) is 0 Å². The number of hydrogen-bond donors (Lipinski definition) is 0. The first-order valence-corrected chi connectivity index (χ1v) is 5.22. The summed E-state index contributed by atoms with van der Waals surface area (Å²) >= 11 is 0. The van der Waals surface area contributed by atoms with Crippen LogP contribution in [0.2, 0.25) is 0 Å². The number of ether oxygens (including phenoxy) is 1. The van der Waals surface area contributed by atoms with E-state index in [-0.39, 0.29) is 11.7 Å². The van der Waals surface area contributed by atoms with Gasteiger partial charge in [0.15, 0.2) is 0 Å². The van der Waals surface area contributed by atoms with Crippen molar-refractivity contribution in [3.05, 3.63) is 35.9 Å². The summed E-state index contributed by atoms with van der Waals surface area (Å²) in [5.41, 5.74) is 0.895. The maximum absolute atomic E-state index is 5.69. The van der Waals surface area contributed by atoms with Crippen molar-refractivity contribution in [3.63, 3.8) is 0 Å². The zero-order valence-electron chi connectivity index (χ0n) is 9.87. The van der Waals surface area contributed by atoms with Crippen LogP contribution in [0, 0.1) is 11.8 Å². The van der Waals surface area contributed by atoms with Gasteiger partial charge in [-0.15, -0.1) is 0 Å². The van der Waals surface area contributed by atoms with Crippen molar-refractivity contribution in [2.24, 2.45) is 0 Å². The van der Waals surface area contributed by atoms with E-state index < -0.39 is 0 Å². The largest absolute Gasteiger partial charge is 0.360 e. The standard InChI is InChI=1S/C14H18O/c1-12(15-14(2,3)4)10-11-13-8-6-5-7-9-13/h5-9,12H,1-4H3. The molecule has 1 nitrogen and oxygen atoms in total. The molecular weight excluding hydrogens is 184 g/mol. The van der Waals surface area contributed by atoms with Gasteiger partial charge in [0.25, 0.3) is 0 Å². The molecular formula is C14H18O. The van der Waals surface area contributed by atoms with Gasteiger partial charge < -0.3 is 4.74 Å². The predicted molar refractivity (Wildman–Crippen MR) is 63.6 cm³/mol. The van der Waals surface area contributed by atoms with E-state index in [1.807, 2.05) is 58.0 Å². The van der Waals surface area contributed by atoms with Crippen LogP contribution in [0.1, 0.15) is 33.3 Å². The molecule has 1 aromatic rings. The molecule has 0 bridgehead atoms. The average Bonchev–Trinajstić information content (AvgIpc) is 2.14. The minimum absolute atomic E-state index is 0.0368. The van der Waals surface area contributed by atoms with Crippen molar-refractivity contribution in [1.29, 1.82) is 0 Å². The number of benzene rings is 1. The first kappa shape index (κ1) is 11.8. The molecule has 0 saturated carbocycles. The van der Waals surface area contributed by atoms with Crippen molar-refractivity contribution >= 4 is 0 Å². The second-order valence-electron chi connectivity index (χ2n) is 4.51. The Morgan fingerprint density at radius 3 is 2.27 bits per heavy atom. The van der Waals surface area contributed by atoms with Crippen LogP contribution in [-0.2, 0) is 4.74 Å². The molecule has 1 rings (SSSR count). The van der Waals surface area contributed by atoms with Crippen molar-refractivity contribution in [2.75, 3.05) is 0 Å². The molecule has 1 atom stereocenters. The van der Waals surface area contributed by atoms with Gasteiger partial charge in [0.1, 0.15) is 6.10 Å². The fraction of sp³-hybridized carbons (Fsp3) is 0.429. The maximum atomic E-state index is 5.69. The van der Waals surface area contributed by atoms with Crippen molar-refractivity contribution in [2.45, 2.75) is 39.4 Å². The molecule has 15 heavy (non-hydrogen) atoms. The summed E-state index contributed by atoms with van der Waals surface area (Å²) < 4.78 is 5.69. The Hall–Kier alpha value is -1.26. The number of rotatable bonds is 1. The zero-order valence-corrected chi connectivity index (χ0v) is 9.87. The Kier molecular flexibility index (Phi) is 3.94. The SMILES string of the molecule is CC(C#Cc1ccccc1)OC(C)(C)C. The lowest BCUT2D eigenvalue weighted by molar-refractivity contribution is -0.0257. The van der Waals surface area contributed by atoms with Gasteiger partial charge in [-0.25, -0.2) is 0 Å². The van der Waals surface area contributed by atoms with E-state index in [1.165, 1.54) is 0 Å². The molecule has 0 spiro atoms. The Morgan fingerprint density at radius 1 is 1.13 bits per heavy atom. The molecule has 1 unspecified atom stereocenters. The lowest BCUT2D eigenvalue weighted by Crippen LogP contribution is -2.24. The summed E-state index contributed by atoms with van der Waals surface area (Å²) in [5, 5.41) is 0. The highest BCUT2D eigenvalue weighted by Crippen LogP contribution is 2.09. The first-order valence-electron chi connectivity index (χ1n) is 5.22. The molecule has 0 aromatic heterocycles. The molecule has 1 aromatic carbocycles. The monoisotopic (exact) mass is 202 g/mol. The summed E-state index contributed by atoms with van der Waals surface area (Å²) in [5.74, 6) is 6.18. The molecule has 0 aliphatic rings. The summed E-state index contributed by atoms with van der Waals surface area (Å²) in [6.07, 6.45) is -0.0368. The minimum atomic E-state index is -0.134. The van der Waals surface area contributed by atoms with Crippen molar-refractivity contribution in [1.82, 2.24) is 0 Å². The van der Waals surface area contributed by atoms with Gasteiger partial charge in [0.2, 0.25) is 0 Å². The molecule has 1 heteroatoms.